The highest BCUT2D eigenvalue weighted by Crippen LogP contribution is 2.19. The van der Waals surface area contributed by atoms with Crippen LogP contribution in [0.5, 0.6) is 0 Å². The van der Waals surface area contributed by atoms with E-state index in [9.17, 15) is 13.2 Å². The summed E-state index contributed by atoms with van der Waals surface area (Å²) in [4.78, 5) is 14.2. The number of carbonyl (C=O) groups is 1. The van der Waals surface area contributed by atoms with Crippen molar-refractivity contribution in [2.45, 2.75) is 25.0 Å². The van der Waals surface area contributed by atoms with E-state index in [1.54, 1.807) is 17.0 Å². The fourth-order valence-corrected chi connectivity index (χ4v) is 3.77. The minimum atomic E-state index is -3.56. The molecule has 1 N–H and O–H groups in total. The van der Waals surface area contributed by atoms with E-state index >= 15 is 0 Å². The van der Waals surface area contributed by atoms with E-state index in [0.717, 1.165) is 4.88 Å². The zero-order chi connectivity index (χ0) is 13.8. The molecule has 1 rings (SSSR count). The van der Waals surface area contributed by atoms with E-state index in [1.807, 2.05) is 20.8 Å². The molecule has 0 aliphatic rings. The summed E-state index contributed by atoms with van der Waals surface area (Å²) in [5, 5.41) is 0. The first-order valence-electron chi connectivity index (χ1n) is 5.74. The van der Waals surface area contributed by atoms with Crippen molar-refractivity contribution in [1.82, 2.24) is 9.62 Å². The van der Waals surface area contributed by atoms with Crippen LogP contribution in [0.2, 0.25) is 0 Å². The number of nitrogens with zero attached hydrogens (tertiary/aromatic N) is 1. The fourth-order valence-electron chi connectivity index (χ4n) is 1.47. The predicted octanol–water partition coefficient (Wildman–Crippen LogP) is 1.20. The third-order valence-electron chi connectivity index (χ3n) is 2.51. The SMILES string of the molecule is CCN(CC)C(=O)CNS(=O)(=O)c1ccc(C)s1. The Morgan fingerprint density at radius 3 is 2.39 bits per heavy atom. The van der Waals surface area contributed by atoms with E-state index < -0.39 is 10.0 Å². The number of hydrogen-bond donors (Lipinski definition) is 1. The molecule has 0 fully saturated rings. The smallest absolute Gasteiger partial charge is 0.250 e. The monoisotopic (exact) mass is 290 g/mol. The van der Waals surface area contributed by atoms with Gasteiger partial charge in [0.1, 0.15) is 4.21 Å². The Hall–Kier alpha value is -0.920. The maximum absolute atomic E-state index is 11.9. The topological polar surface area (TPSA) is 66.5 Å². The van der Waals surface area contributed by atoms with E-state index in [2.05, 4.69) is 4.72 Å². The fraction of sp³-hybridized carbons (Fsp3) is 0.545. The van der Waals surface area contributed by atoms with Crippen molar-refractivity contribution in [3.05, 3.63) is 17.0 Å². The summed E-state index contributed by atoms with van der Waals surface area (Å²) in [6.07, 6.45) is 0. The van der Waals surface area contributed by atoms with Crippen molar-refractivity contribution in [3.8, 4) is 0 Å². The van der Waals surface area contributed by atoms with Crippen molar-refractivity contribution < 1.29 is 13.2 Å². The Kier molecular flexibility index (Phi) is 5.30. The van der Waals surface area contributed by atoms with Gasteiger partial charge >= 0.3 is 0 Å². The number of amides is 1. The van der Waals surface area contributed by atoms with E-state index in [1.165, 1.54) is 11.3 Å². The van der Waals surface area contributed by atoms with Gasteiger partial charge in [-0.15, -0.1) is 11.3 Å². The van der Waals surface area contributed by atoms with Crippen LogP contribution in [0.4, 0.5) is 0 Å². The predicted molar refractivity (Wildman–Crippen MR) is 72.2 cm³/mol. The van der Waals surface area contributed by atoms with Crippen LogP contribution >= 0.6 is 11.3 Å². The largest absolute Gasteiger partial charge is 0.342 e. The van der Waals surface area contributed by atoms with Crippen molar-refractivity contribution >= 4 is 27.3 Å². The summed E-state index contributed by atoms with van der Waals surface area (Å²) in [6, 6.07) is 3.29. The quantitative estimate of drug-likeness (QED) is 0.856. The molecule has 0 spiro atoms. The molecule has 1 amide bonds. The summed E-state index contributed by atoms with van der Waals surface area (Å²) < 4.78 is 26.3. The lowest BCUT2D eigenvalue weighted by Gasteiger charge is -2.18. The molecule has 0 atom stereocenters. The second-order valence-corrected chi connectivity index (χ2v) is 7.04. The lowest BCUT2D eigenvalue weighted by molar-refractivity contribution is -0.129. The number of sulfonamides is 1. The highest BCUT2D eigenvalue weighted by atomic mass is 32.2. The molecule has 0 unspecified atom stereocenters. The Morgan fingerprint density at radius 1 is 1.33 bits per heavy atom. The Bertz CT molecular complexity index is 504. The lowest BCUT2D eigenvalue weighted by atomic mass is 10.4. The molecular weight excluding hydrogens is 272 g/mol. The third-order valence-corrected chi connectivity index (χ3v) is 5.40. The maximum Gasteiger partial charge on any atom is 0.250 e. The van der Waals surface area contributed by atoms with E-state index in [0.29, 0.717) is 13.1 Å². The highest BCUT2D eigenvalue weighted by Gasteiger charge is 2.18. The average molecular weight is 290 g/mol. The summed E-state index contributed by atoms with van der Waals surface area (Å²) in [7, 11) is -3.56. The number of carbonyl (C=O) groups excluding carboxylic acids is 1. The standard InChI is InChI=1S/C11H18N2O3S2/c1-4-13(5-2)10(14)8-12-18(15,16)11-7-6-9(3)17-11/h6-7,12H,4-5,8H2,1-3H3. The first-order valence-corrected chi connectivity index (χ1v) is 8.04. The van der Waals surface area contributed by atoms with Crippen LogP contribution in [-0.4, -0.2) is 38.9 Å². The van der Waals surface area contributed by atoms with Crippen LogP contribution in [0.25, 0.3) is 0 Å². The van der Waals surface area contributed by atoms with Crippen LogP contribution < -0.4 is 4.72 Å². The van der Waals surface area contributed by atoms with E-state index in [-0.39, 0.29) is 16.7 Å². The molecule has 1 aromatic heterocycles. The summed E-state index contributed by atoms with van der Waals surface area (Å²) in [5.74, 6) is -0.211. The second-order valence-electron chi connectivity index (χ2n) is 3.76. The van der Waals surface area contributed by atoms with Crippen LogP contribution in [0.1, 0.15) is 18.7 Å². The van der Waals surface area contributed by atoms with Gasteiger partial charge in [0.05, 0.1) is 6.54 Å². The molecule has 1 aromatic rings. The number of nitrogens with one attached hydrogen (secondary N) is 1. The molecule has 102 valence electrons. The summed E-state index contributed by atoms with van der Waals surface area (Å²) >= 11 is 1.19. The average Bonchev–Trinajstić information content (AvgIpc) is 2.76. The second kappa shape index (κ2) is 6.31. The van der Waals surface area contributed by atoms with Gasteiger partial charge < -0.3 is 4.90 Å². The molecule has 0 radical (unpaired) electrons. The molecule has 0 aromatic carbocycles. The van der Waals surface area contributed by atoms with Crippen LogP contribution in [0.15, 0.2) is 16.3 Å². The Balaban J connectivity index is 2.66. The van der Waals surface area contributed by atoms with Crippen molar-refractivity contribution in [2.24, 2.45) is 0 Å². The zero-order valence-electron chi connectivity index (χ0n) is 10.8. The number of aryl methyl sites for hydroxylation is 1. The third kappa shape index (κ3) is 3.79. The molecule has 5 nitrogen and oxygen atoms in total. The van der Waals surface area contributed by atoms with Crippen molar-refractivity contribution in [3.63, 3.8) is 0 Å². The zero-order valence-corrected chi connectivity index (χ0v) is 12.4. The summed E-state index contributed by atoms with van der Waals surface area (Å²) in [5.41, 5.74) is 0. The van der Waals surface area contributed by atoms with Gasteiger partial charge in [0.25, 0.3) is 10.0 Å². The molecule has 0 bridgehead atoms. The highest BCUT2D eigenvalue weighted by molar-refractivity contribution is 7.91. The van der Waals surface area contributed by atoms with Gasteiger partial charge in [-0.25, -0.2) is 13.1 Å². The first kappa shape index (κ1) is 15.1. The molecule has 0 saturated heterocycles. The molecule has 1 heterocycles. The van der Waals surface area contributed by atoms with Crippen LogP contribution in [0, 0.1) is 6.92 Å². The minimum Gasteiger partial charge on any atom is -0.342 e. The summed E-state index contributed by atoms with van der Waals surface area (Å²) in [6.45, 7) is 6.52. The molecule has 0 saturated carbocycles. The van der Waals surface area contributed by atoms with Crippen molar-refractivity contribution in [1.29, 1.82) is 0 Å². The Labute approximate surface area is 112 Å². The van der Waals surface area contributed by atoms with Gasteiger partial charge in [0, 0.05) is 18.0 Å². The lowest BCUT2D eigenvalue weighted by Crippen LogP contribution is -2.39. The first-order chi connectivity index (χ1) is 8.40. The number of likely N-dealkylation sites (N-methyl/N-ethyl adjacent to an activating group) is 1. The van der Waals surface area contributed by atoms with Gasteiger partial charge in [-0.05, 0) is 32.9 Å². The molecule has 0 aliphatic carbocycles. The van der Waals surface area contributed by atoms with Crippen molar-refractivity contribution in [2.75, 3.05) is 19.6 Å². The number of thiophene rings is 1. The van der Waals surface area contributed by atoms with Gasteiger partial charge in [-0.2, -0.15) is 0 Å². The van der Waals surface area contributed by atoms with Gasteiger partial charge in [-0.1, -0.05) is 0 Å². The number of hydrogen-bond acceptors (Lipinski definition) is 4. The molecular formula is C11H18N2O3S2. The Morgan fingerprint density at radius 2 is 1.94 bits per heavy atom. The van der Waals surface area contributed by atoms with E-state index in [4.69, 9.17) is 0 Å². The van der Waals surface area contributed by atoms with Gasteiger partial charge in [0.2, 0.25) is 5.91 Å². The number of rotatable bonds is 6. The van der Waals surface area contributed by atoms with Gasteiger partial charge in [-0.3, -0.25) is 4.79 Å². The van der Waals surface area contributed by atoms with Crippen LogP contribution in [-0.2, 0) is 14.8 Å². The minimum absolute atomic E-state index is 0.193. The van der Waals surface area contributed by atoms with Gasteiger partial charge in [0.15, 0.2) is 0 Å². The normalized spacial score (nSPS) is 11.5. The van der Waals surface area contributed by atoms with Crippen LogP contribution in [0.3, 0.4) is 0 Å². The molecule has 7 heteroatoms. The molecule has 18 heavy (non-hydrogen) atoms. The molecule has 0 aliphatic heterocycles. The maximum atomic E-state index is 11.9.